The molecule has 0 unspecified atom stereocenters. The molecule has 1 aromatic carbocycles. The van der Waals surface area contributed by atoms with Crippen molar-refractivity contribution in [2.24, 2.45) is 0 Å². The number of aromatic nitrogens is 1. The van der Waals surface area contributed by atoms with Crippen LogP contribution < -0.4 is 4.74 Å². The number of nitro groups is 1. The minimum absolute atomic E-state index is 0.242. The van der Waals surface area contributed by atoms with E-state index >= 15 is 0 Å². The van der Waals surface area contributed by atoms with Crippen molar-refractivity contribution < 1.29 is 22.8 Å². The fourth-order valence-corrected chi connectivity index (χ4v) is 1.30. The monoisotopic (exact) mass is 270 g/mol. The lowest BCUT2D eigenvalue weighted by molar-refractivity contribution is -0.385. The molecule has 0 amide bonds. The number of hydrogen-bond donors (Lipinski definition) is 0. The van der Waals surface area contributed by atoms with Crippen molar-refractivity contribution in [1.82, 2.24) is 4.98 Å². The largest absolute Gasteiger partial charge is 0.429 e. The van der Waals surface area contributed by atoms with E-state index in [0.717, 1.165) is 6.07 Å². The third-order valence-electron chi connectivity index (χ3n) is 2.12. The topological polar surface area (TPSA) is 65.3 Å². The molecule has 0 spiro atoms. The third-order valence-corrected chi connectivity index (χ3v) is 2.12. The highest BCUT2D eigenvalue weighted by molar-refractivity contribution is 5.47. The van der Waals surface area contributed by atoms with Gasteiger partial charge in [0.15, 0.2) is 11.6 Å². The van der Waals surface area contributed by atoms with E-state index in [4.69, 9.17) is 4.74 Å². The van der Waals surface area contributed by atoms with Gasteiger partial charge in [0, 0.05) is 12.1 Å². The normalized spacial score (nSPS) is 10.3. The summed E-state index contributed by atoms with van der Waals surface area (Å²) in [6, 6.07) is 5.32. The van der Waals surface area contributed by atoms with Crippen molar-refractivity contribution in [3.05, 3.63) is 58.0 Å². The quantitative estimate of drug-likeness (QED) is 0.488. The molecule has 0 atom stereocenters. The zero-order valence-electron chi connectivity index (χ0n) is 9.14. The molecule has 0 aliphatic rings. The van der Waals surface area contributed by atoms with E-state index in [9.17, 15) is 23.3 Å². The zero-order chi connectivity index (χ0) is 14.0. The second kappa shape index (κ2) is 4.92. The Morgan fingerprint density at radius 2 is 1.84 bits per heavy atom. The first-order valence-electron chi connectivity index (χ1n) is 4.92. The molecule has 0 radical (unpaired) electrons. The van der Waals surface area contributed by atoms with Gasteiger partial charge in [-0.25, -0.2) is 8.78 Å². The molecule has 2 aromatic rings. The summed E-state index contributed by atoms with van der Waals surface area (Å²) in [6.07, 6.45) is 0. The van der Waals surface area contributed by atoms with Gasteiger partial charge in [0.2, 0.25) is 5.75 Å². The van der Waals surface area contributed by atoms with Crippen molar-refractivity contribution in [2.75, 3.05) is 0 Å². The van der Waals surface area contributed by atoms with E-state index in [0.29, 0.717) is 0 Å². The summed E-state index contributed by atoms with van der Waals surface area (Å²) in [5, 5.41) is 10.7. The predicted octanol–water partition coefficient (Wildman–Crippen LogP) is 3.20. The van der Waals surface area contributed by atoms with Gasteiger partial charge >= 0.3 is 5.69 Å². The first-order chi connectivity index (χ1) is 8.99. The fraction of sp³-hybridized carbons (Fsp3) is 0. The van der Waals surface area contributed by atoms with Crippen LogP contribution in [0.3, 0.4) is 0 Å². The van der Waals surface area contributed by atoms with Gasteiger partial charge in [-0.2, -0.15) is 9.37 Å². The van der Waals surface area contributed by atoms with Crippen molar-refractivity contribution >= 4 is 5.69 Å². The van der Waals surface area contributed by atoms with Gasteiger partial charge in [-0.1, -0.05) is 12.1 Å². The van der Waals surface area contributed by atoms with Gasteiger partial charge in [0.1, 0.15) is 0 Å². The Morgan fingerprint density at radius 1 is 1.16 bits per heavy atom. The van der Waals surface area contributed by atoms with Crippen LogP contribution in [-0.2, 0) is 0 Å². The Morgan fingerprint density at radius 3 is 2.53 bits per heavy atom. The molecule has 0 N–H and O–H groups in total. The van der Waals surface area contributed by atoms with Gasteiger partial charge in [0.25, 0.3) is 11.8 Å². The van der Waals surface area contributed by atoms with E-state index in [-0.39, 0.29) is 11.8 Å². The van der Waals surface area contributed by atoms with Gasteiger partial charge in [-0.15, -0.1) is 0 Å². The Balaban J connectivity index is 2.42. The van der Waals surface area contributed by atoms with Gasteiger partial charge in [0.05, 0.1) is 4.92 Å². The summed E-state index contributed by atoms with van der Waals surface area (Å²) in [7, 11) is 0. The summed E-state index contributed by atoms with van der Waals surface area (Å²) >= 11 is 0. The average Bonchev–Trinajstić information content (AvgIpc) is 2.36. The summed E-state index contributed by atoms with van der Waals surface area (Å²) < 4.78 is 43.6. The number of rotatable bonds is 3. The molecule has 1 heterocycles. The zero-order valence-corrected chi connectivity index (χ0v) is 9.14. The fourth-order valence-electron chi connectivity index (χ4n) is 1.30. The molecule has 5 nitrogen and oxygen atoms in total. The lowest BCUT2D eigenvalue weighted by Crippen LogP contribution is -1.99. The van der Waals surface area contributed by atoms with Crippen LogP contribution in [0.4, 0.5) is 18.9 Å². The molecule has 0 aliphatic carbocycles. The van der Waals surface area contributed by atoms with Gasteiger partial charge < -0.3 is 4.74 Å². The molecule has 0 aliphatic heterocycles. The molecule has 0 saturated carbocycles. The van der Waals surface area contributed by atoms with Crippen LogP contribution in [0.15, 0.2) is 30.3 Å². The number of nitro benzene ring substituents is 1. The number of hydrogen-bond acceptors (Lipinski definition) is 4. The van der Waals surface area contributed by atoms with Crippen LogP contribution in [0.5, 0.6) is 11.6 Å². The smallest absolute Gasteiger partial charge is 0.311 e. The van der Waals surface area contributed by atoms with Crippen LogP contribution in [0.1, 0.15) is 0 Å². The molecule has 1 aromatic heterocycles. The maximum atomic E-state index is 13.3. The summed E-state index contributed by atoms with van der Waals surface area (Å²) in [6.45, 7) is 0. The second-order valence-corrected chi connectivity index (χ2v) is 3.37. The molecule has 0 bridgehead atoms. The summed E-state index contributed by atoms with van der Waals surface area (Å²) in [4.78, 5) is 12.8. The van der Waals surface area contributed by atoms with E-state index in [2.05, 4.69) is 4.98 Å². The first-order valence-corrected chi connectivity index (χ1v) is 4.92. The molecule has 0 saturated heterocycles. The third kappa shape index (κ3) is 2.62. The summed E-state index contributed by atoms with van der Waals surface area (Å²) in [5.41, 5.74) is -0.451. The lowest BCUT2D eigenvalue weighted by Gasteiger charge is -2.06. The number of para-hydroxylation sites is 2. The summed E-state index contributed by atoms with van der Waals surface area (Å²) in [5.74, 6) is -5.52. The highest BCUT2D eigenvalue weighted by atomic mass is 19.2. The number of ether oxygens (including phenoxy) is 1. The maximum Gasteiger partial charge on any atom is 0.311 e. The van der Waals surface area contributed by atoms with Crippen LogP contribution in [-0.4, -0.2) is 9.91 Å². The maximum absolute atomic E-state index is 13.3. The minimum atomic E-state index is -1.56. The SMILES string of the molecule is O=[N+]([O-])c1ccccc1Oc1nc(F)c(F)cc1F. The van der Waals surface area contributed by atoms with Crippen LogP contribution in [0.25, 0.3) is 0 Å². The highest BCUT2D eigenvalue weighted by Crippen LogP contribution is 2.31. The average molecular weight is 270 g/mol. The molecular formula is C11H5F3N2O3. The number of halogens is 3. The van der Waals surface area contributed by atoms with E-state index < -0.39 is 34.1 Å². The number of benzene rings is 1. The van der Waals surface area contributed by atoms with Crippen LogP contribution in [0, 0.1) is 27.7 Å². The number of nitrogens with zero attached hydrogens (tertiary/aromatic N) is 2. The Kier molecular flexibility index (Phi) is 3.32. The molecule has 8 heteroatoms. The Hall–Kier alpha value is -2.64. The van der Waals surface area contributed by atoms with E-state index in [1.54, 1.807) is 0 Å². The lowest BCUT2D eigenvalue weighted by atomic mass is 10.3. The first kappa shape index (κ1) is 12.8. The second-order valence-electron chi connectivity index (χ2n) is 3.37. The minimum Gasteiger partial charge on any atom is -0.429 e. The molecule has 2 rings (SSSR count). The molecular weight excluding hydrogens is 265 g/mol. The molecule has 98 valence electrons. The predicted molar refractivity (Wildman–Crippen MR) is 57.3 cm³/mol. The van der Waals surface area contributed by atoms with Gasteiger partial charge in [-0.3, -0.25) is 10.1 Å². The van der Waals surface area contributed by atoms with E-state index in [1.165, 1.54) is 18.2 Å². The Bertz CT molecular complexity index is 649. The molecule has 0 fully saturated rings. The Labute approximate surface area is 104 Å². The van der Waals surface area contributed by atoms with Crippen LogP contribution in [0.2, 0.25) is 0 Å². The van der Waals surface area contributed by atoms with E-state index in [1.807, 2.05) is 0 Å². The van der Waals surface area contributed by atoms with Crippen LogP contribution >= 0.6 is 0 Å². The highest BCUT2D eigenvalue weighted by Gasteiger charge is 2.19. The number of pyridine rings is 1. The van der Waals surface area contributed by atoms with Gasteiger partial charge in [-0.05, 0) is 6.07 Å². The molecule has 19 heavy (non-hydrogen) atoms. The van der Waals surface area contributed by atoms with Crippen molar-refractivity contribution in [2.45, 2.75) is 0 Å². The van der Waals surface area contributed by atoms with Crippen molar-refractivity contribution in [3.63, 3.8) is 0 Å². The van der Waals surface area contributed by atoms with Crippen molar-refractivity contribution in [1.29, 1.82) is 0 Å². The standard InChI is InChI=1S/C11H5F3N2O3/c12-6-5-7(13)11(15-10(6)14)19-9-4-2-1-3-8(9)16(17)18/h1-5H. The van der Waals surface area contributed by atoms with Crippen molar-refractivity contribution in [3.8, 4) is 11.6 Å².